The molecule has 7 nitrogen and oxygen atoms in total. The van der Waals surface area contributed by atoms with E-state index < -0.39 is 22.0 Å². The number of nitrogens with two attached hydrogens (primary N) is 1. The lowest BCUT2D eigenvalue weighted by molar-refractivity contribution is 0.100. The molecule has 2 rings (SSSR count). The van der Waals surface area contributed by atoms with Crippen molar-refractivity contribution in [2.75, 3.05) is 6.26 Å². The summed E-state index contributed by atoms with van der Waals surface area (Å²) in [7, 11) is -3.72. The number of hydroxylamine groups is 1. The highest BCUT2D eigenvalue weighted by atomic mass is 32.2. The molecule has 2 aromatic rings. The number of aliphatic imine (C=N–C) groups is 1. The topological polar surface area (TPSA) is 111 Å². The summed E-state index contributed by atoms with van der Waals surface area (Å²) < 4.78 is 26.6. The van der Waals surface area contributed by atoms with Crippen LogP contribution in [0.5, 0.6) is 0 Å². The van der Waals surface area contributed by atoms with Gasteiger partial charge in [-0.25, -0.2) is 5.48 Å². The van der Waals surface area contributed by atoms with Crippen LogP contribution < -0.4 is 11.2 Å². The van der Waals surface area contributed by atoms with Crippen molar-refractivity contribution in [3.05, 3.63) is 35.2 Å². The Kier molecular flexibility index (Phi) is 4.02. The molecule has 0 bridgehead atoms. The molecular formula is C11H11N3O4S2. The minimum atomic E-state index is -3.72. The zero-order valence-corrected chi connectivity index (χ0v) is 12.0. The van der Waals surface area contributed by atoms with Gasteiger partial charge in [0.05, 0.1) is 11.1 Å². The van der Waals surface area contributed by atoms with Crippen LogP contribution in [-0.2, 0) is 14.4 Å². The Morgan fingerprint density at radius 3 is 2.75 bits per heavy atom. The molecule has 0 saturated carbocycles. The van der Waals surface area contributed by atoms with Gasteiger partial charge in [-0.2, -0.15) is 13.4 Å². The molecule has 0 radical (unpaired) electrons. The number of carbonyl (C=O) groups is 1. The van der Waals surface area contributed by atoms with E-state index in [1.54, 1.807) is 6.07 Å². The van der Waals surface area contributed by atoms with Crippen LogP contribution in [-0.4, -0.2) is 26.5 Å². The van der Waals surface area contributed by atoms with Crippen LogP contribution in [0.3, 0.4) is 0 Å². The van der Waals surface area contributed by atoms with E-state index in [1.807, 2.05) is 29.7 Å². The van der Waals surface area contributed by atoms with Gasteiger partial charge in [0.15, 0.2) is 0 Å². The van der Waals surface area contributed by atoms with Crippen molar-refractivity contribution in [1.29, 1.82) is 0 Å². The molecule has 1 amide bonds. The van der Waals surface area contributed by atoms with E-state index in [0.717, 1.165) is 16.3 Å². The molecule has 0 aliphatic heterocycles. The number of hydrogen-bond donors (Lipinski definition) is 2. The van der Waals surface area contributed by atoms with Crippen molar-refractivity contribution in [2.45, 2.75) is 0 Å². The zero-order valence-electron chi connectivity index (χ0n) is 10.4. The van der Waals surface area contributed by atoms with Gasteiger partial charge >= 0.3 is 0 Å². The summed E-state index contributed by atoms with van der Waals surface area (Å²) >= 11 is 1.27. The number of nitrogens with zero attached hydrogens (tertiary/aromatic N) is 1. The predicted molar refractivity (Wildman–Crippen MR) is 76.8 cm³/mol. The standard InChI is InChI=1S/C11H11N3O4S2/c1-20(16,17)18-14-11(12)13-10(15)9-6-7-4-2-3-5-8(7)19-9/h2-6H,1H3,(H3,12,13,14,15). The molecule has 1 heterocycles. The van der Waals surface area contributed by atoms with Crippen LogP contribution in [0.2, 0.25) is 0 Å². The van der Waals surface area contributed by atoms with Gasteiger partial charge in [-0.3, -0.25) is 4.79 Å². The lowest BCUT2D eigenvalue weighted by Crippen LogP contribution is -2.34. The van der Waals surface area contributed by atoms with E-state index in [2.05, 4.69) is 9.28 Å². The lowest BCUT2D eigenvalue weighted by Gasteiger charge is -2.01. The first-order chi connectivity index (χ1) is 9.35. The van der Waals surface area contributed by atoms with Crippen LogP contribution in [0, 0.1) is 0 Å². The van der Waals surface area contributed by atoms with Gasteiger partial charge < -0.3 is 5.73 Å². The van der Waals surface area contributed by atoms with Crippen LogP contribution in [0.15, 0.2) is 35.3 Å². The Hall–Kier alpha value is -1.97. The molecular weight excluding hydrogens is 302 g/mol. The van der Waals surface area contributed by atoms with Crippen molar-refractivity contribution in [1.82, 2.24) is 5.48 Å². The first kappa shape index (κ1) is 14.4. The number of carbonyl (C=O) groups excluding carboxylic acids is 1. The Labute approximate surface area is 119 Å². The summed E-state index contributed by atoms with van der Waals surface area (Å²) in [6, 6.07) is 9.18. The molecule has 0 unspecified atom stereocenters. The maximum Gasteiger partial charge on any atom is 0.290 e. The number of fused-ring (bicyclic) bond motifs is 1. The van der Waals surface area contributed by atoms with Gasteiger partial charge in [0.2, 0.25) is 5.96 Å². The van der Waals surface area contributed by atoms with Gasteiger partial charge in [0.25, 0.3) is 16.0 Å². The zero-order chi connectivity index (χ0) is 14.8. The minimum absolute atomic E-state index is 0.398. The highest BCUT2D eigenvalue weighted by molar-refractivity contribution is 7.85. The van der Waals surface area contributed by atoms with Crippen molar-refractivity contribution in [3.8, 4) is 0 Å². The number of nitrogens with one attached hydrogen (secondary N) is 1. The largest absolute Gasteiger partial charge is 0.368 e. The first-order valence-corrected chi connectivity index (χ1v) is 8.00. The van der Waals surface area contributed by atoms with Crippen LogP contribution in [0.4, 0.5) is 0 Å². The van der Waals surface area contributed by atoms with E-state index in [9.17, 15) is 13.2 Å². The number of hydrogen-bond acceptors (Lipinski definition) is 5. The van der Waals surface area contributed by atoms with Gasteiger partial charge in [0, 0.05) is 4.70 Å². The van der Waals surface area contributed by atoms with Crippen LogP contribution in [0.1, 0.15) is 9.67 Å². The van der Waals surface area contributed by atoms with Gasteiger partial charge in [-0.15, -0.1) is 15.6 Å². The number of amides is 1. The molecule has 0 fully saturated rings. The summed E-state index contributed by atoms with van der Waals surface area (Å²) in [6.45, 7) is 0. The Morgan fingerprint density at radius 1 is 1.40 bits per heavy atom. The Balaban J connectivity index is 2.14. The predicted octanol–water partition coefficient (Wildman–Crippen LogP) is 0.837. The smallest absolute Gasteiger partial charge is 0.290 e. The highest BCUT2D eigenvalue weighted by Gasteiger charge is 2.10. The third-order valence-corrected chi connectivity index (χ3v) is 3.65. The fourth-order valence-electron chi connectivity index (χ4n) is 1.39. The second-order valence-corrected chi connectivity index (χ2v) is 6.50. The van der Waals surface area contributed by atoms with E-state index in [4.69, 9.17) is 5.73 Å². The molecule has 3 N–H and O–H groups in total. The van der Waals surface area contributed by atoms with Crippen LogP contribution >= 0.6 is 11.3 Å². The van der Waals surface area contributed by atoms with Crippen molar-refractivity contribution in [2.24, 2.45) is 10.7 Å². The minimum Gasteiger partial charge on any atom is -0.368 e. The maximum atomic E-state index is 11.8. The fraction of sp³-hybridized carbons (Fsp3) is 0.0909. The summed E-state index contributed by atoms with van der Waals surface area (Å²) in [6.07, 6.45) is 0.834. The number of guanidine groups is 1. The van der Waals surface area contributed by atoms with E-state index >= 15 is 0 Å². The molecule has 0 aliphatic carbocycles. The third kappa shape index (κ3) is 3.76. The van der Waals surface area contributed by atoms with Crippen molar-refractivity contribution >= 4 is 43.4 Å². The summed E-state index contributed by atoms with van der Waals surface area (Å²) in [5, 5.41) is 0.926. The van der Waals surface area contributed by atoms with Gasteiger partial charge in [0.1, 0.15) is 0 Å². The second-order valence-electron chi connectivity index (χ2n) is 3.84. The Bertz CT molecular complexity index is 747. The quantitative estimate of drug-likeness (QED) is 0.493. The van der Waals surface area contributed by atoms with Gasteiger partial charge in [-0.1, -0.05) is 18.2 Å². The number of thiophene rings is 1. The normalized spacial score (nSPS) is 12.6. The lowest BCUT2D eigenvalue weighted by atomic mass is 10.2. The highest BCUT2D eigenvalue weighted by Crippen LogP contribution is 2.25. The van der Waals surface area contributed by atoms with E-state index in [0.29, 0.717) is 4.88 Å². The Morgan fingerprint density at radius 2 is 2.10 bits per heavy atom. The summed E-state index contributed by atoms with van der Waals surface area (Å²) in [5.74, 6) is -1.01. The molecule has 20 heavy (non-hydrogen) atoms. The molecule has 1 aromatic carbocycles. The summed E-state index contributed by atoms with van der Waals surface area (Å²) in [5.41, 5.74) is 7.23. The maximum absolute atomic E-state index is 11.8. The summed E-state index contributed by atoms with van der Waals surface area (Å²) in [4.78, 5) is 15.8. The first-order valence-electron chi connectivity index (χ1n) is 5.37. The van der Waals surface area contributed by atoms with Crippen molar-refractivity contribution < 1.29 is 17.5 Å². The monoisotopic (exact) mass is 313 g/mol. The number of benzene rings is 1. The average Bonchev–Trinajstić information content (AvgIpc) is 2.79. The molecule has 9 heteroatoms. The molecule has 106 valence electrons. The molecule has 1 aromatic heterocycles. The van der Waals surface area contributed by atoms with Crippen molar-refractivity contribution in [3.63, 3.8) is 0 Å². The van der Waals surface area contributed by atoms with E-state index in [1.165, 1.54) is 11.3 Å². The fourth-order valence-corrected chi connectivity index (χ4v) is 2.58. The van der Waals surface area contributed by atoms with Crippen LogP contribution in [0.25, 0.3) is 10.1 Å². The molecule has 0 atom stereocenters. The third-order valence-electron chi connectivity index (χ3n) is 2.16. The average molecular weight is 313 g/mol. The second kappa shape index (κ2) is 5.57. The SMILES string of the molecule is CS(=O)(=O)ONC(N)=NC(=O)c1cc2ccccc2s1. The van der Waals surface area contributed by atoms with Gasteiger partial charge in [-0.05, 0) is 17.5 Å². The molecule has 0 aliphatic rings. The number of rotatable bonds is 3. The molecule has 0 saturated heterocycles. The van der Waals surface area contributed by atoms with E-state index in [-0.39, 0.29) is 0 Å². The molecule has 0 spiro atoms.